The maximum Gasteiger partial charge on any atom is 0.123 e. The summed E-state index contributed by atoms with van der Waals surface area (Å²) in [5.41, 5.74) is 0.535. The van der Waals surface area contributed by atoms with Crippen LogP contribution in [0.2, 0.25) is 0 Å². The highest BCUT2D eigenvalue weighted by Gasteiger charge is 2.21. The number of halogens is 1. The molecular weight excluding hydrogens is 183 g/mol. The van der Waals surface area contributed by atoms with E-state index in [1.807, 2.05) is 13.8 Å². The van der Waals surface area contributed by atoms with Crippen LogP contribution in [0.4, 0.5) is 4.39 Å². The van der Waals surface area contributed by atoms with E-state index in [1.165, 1.54) is 24.3 Å². The van der Waals surface area contributed by atoms with Crippen LogP contribution in [-0.2, 0) is 0 Å². The summed E-state index contributed by atoms with van der Waals surface area (Å²) in [6.07, 6.45) is -1.77. The van der Waals surface area contributed by atoms with Crippen LogP contribution in [0.1, 0.15) is 25.5 Å². The minimum absolute atomic E-state index is 0.0324. The molecule has 0 spiro atoms. The first-order valence-corrected chi connectivity index (χ1v) is 4.64. The van der Waals surface area contributed by atoms with E-state index in [-0.39, 0.29) is 11.7 Å². The van der Waals surface area contributed by atoms with Gasteiger partial charge in [-0.2, -0.15) is 0 Å². The predicted molar refractivity (Wildman–Crippen MR) is 52.2 cm³/mol. The molecule has 2 nitrogen and oxygen atoms in total. The summed E-state index contributed by atoms with van der Waals surface area (Å²) in [4.78, 5) is 0. The molecule has 1 aromatic rings. The van der Waals surface area contributed by atoms with Crippen molar-refractivity contribution in [3.05, 3.63) is 35.6 Å². The fourth-order valence-corrected chi connectivity index (χ4v) is 1.22. The normalized spacial score (nSPS) is 15.6. The van der Waals surface area contributed by atoms with Crippen LogP contribution in [0.15, 0.2) is 24.3 Å². The monoisotopic (exact) mass is 198 g/mol. The molecule has 0 aliphatic heterocycles. The van der Waals surface area contributed by atoms with Crippen LogP contribution in [0, 0.1) is 11.7 Å². The quantitative estimate of drug-likeness (QED) is 0.778. The van der Waals surface area contributed by atoms with Crippen LogP contribution in [-0.4, -0.2) is 16.3 Å². The molecular formula is C11H15FO2. The van der Waals surface area contributed by atoms with Crippen molar-refractivity contribution >= 4 is 0 Å². The first-order valence-electron chi connectivity index (χ1n) is 4.64. The first kappa shape index (κ1) is 11.1. The molecule has 1 aromatic carbocycles. The smallest absolute Gasteiger partial charge is 0.123 e. The van der Waals surface area contributed by atoms with E-state index >= 15 is 0 Å². The lowest BCUT2D eigenvalue weighted by molar-refractivity contribution is -0.00942. The molecule has 0 saturated carbocycles. The van der Waals surface area contributed by atoms with E-state index in [9.17, 15) is 14.6 Å². The van der Waals surface area contributed by atoms with Gasteiger partial charge in [0.15, 0.2) is 0 Å². The molecule has 0 unspecified atom stereocenters. The zero-order valence-electron chi connectivity index (χ0n) is 8.31. The summed E-state index contributed by atoms with van der Waals surface area (Å²) >= 11 is 0. The van der Waals surface area contributed by atoms with Gasteiger partial charge in [0, 0.05) is 0 Å². The van der Waals surface area contributed by atoms with E-state index in [4.69, 9.17) is 0 Å². The number of hydrogen-bond donors (Lipinski definition) is 2. The molecule has 0 aliphatic carbocycles. The van der Waals surface area contributed by atoms with E-state index in [1.54, 1.807) is 0 Å². The molecule has 2 N–H and O–H groups in total. The second kappa shape index (κ2) is 4.53. The molecule has 0 saturated heterocycles. The number of benzene rings is 1. The number of rotatable bonds is 3. The predicted octanol–water partition coefficient (Wildman–Crippen LogP) is 1.88. The molecule has 0 heterocycles. The maximum absolute atomic E-state index is 12.6. The summed E-state index contributed by atoms with van der Waals surface area (Å²) in [5, 5.41) is 19.3. The Hall–Kier alpha value is -0.930. The van der Waals surface area contributed by atoms with Crippen LogP contribution >= 0.6 is 0 Å². The number of hydrogen-bond acceptors (Lipinski definition) is 2. The standard InChI is InChI=1S/C11H15FO2/c1-7(2)10(13)11(14)8-3-5-9(12)6-4-8/h3-7,10-11,13-14H,1-2H3/t10-,11-/m0/s1. The van der Waals surface area contributed by atoms with Gasteiger partial charge in [-0.25, -0.2) is 4.39 Å². The summed E-state index contributed by atoms with van der Waals surface area (Å²) < 4.78 is 12.6. The van der Waals surface area contributed by atoms with Gasteiger partial charge in [0.25, 0.3) is 0 Å². The minimum atomic E-state index is -0.949. The summed E-state index contributed by atoms with van der Waals surface area (Å²) in [7, 11) is 0. The van der Waals surface area contributed by atoms with Crippen molar-refractivity contribution in [2.75, 3.05) is 0 Å². The van der Waals surface area contributed by atoms with Crippen molar-refractivity contribution in [3.8, 4) is 0 Å². The second-order valence-electron chi connectivity index (χ2n) is 3.73. The first-order chi connectivity index (χ1) is 6.52. The van der Waals surface area contributed by atoms with Crippen LogP contribution in [0.25, 0.3) is 0 Å². The summed E-state index contributed by atoms with van der Waals surface area (Å²) in [5.74, 6) is -0.380. The molecule has 14 heavy (non-hydrogen) atoms. The zero-order chi connectivity index (χ0) is 10.7. The Labute approximate surface area is 83.0 Å². The second-order valence-corrected chi connectivity index (χ2v) is 3.73. The molecule has 78 valence electrons. The Bertz CT molecular complexity index is 282. The molecule has 0 aromatic heterocycles. The lowest BCUT2D eigenvalue weighted by Gasteiger charge is -2.21. The average molecular weight is 198 g/mol. The van der Waals surface area contributed by atoms with Gasteiger partial charge in [-0.3, -0.25) is 0 Å². The van der Waals surface area contributed by atoms with E-state index < -0.39 is 12.2 Å². The van der Waals surface area contributed by atoms with Crippen molar-refractivity contribution in [1.82, 2.24) is 0 Å². The maximum atomic E-state index is 12.6. The van der Waals surface area contributed by atoms with Gasteiger partial charge in [0.1, 0.15) is 11.9 Å². The third-order valence-corrected chi connectivity index (χ3v) is 2.22. The Morgan fingerprint density at radius 1 is 1.07 bits per heavy atom. The van der Waals surface area contributed by atoms with Gasteiger partial charge in [-0.15, -0.1) is 0 Å². The van der Waals surface area contributed by atoms with Gasteiger partial charge in [0.2, 0.25) is 0 Å². The largest absolute Gasteiger partial charge is 0.390 e. The highest BCUT2D eigenvalue weighted by molar-refractivity contribution is 5.19. The van der Waals surface area contributed by atoms with Gasteiger partial charge >= 0.3 is 0 Å². The van der Waals surface area contributed by atoms with Crippen LogP contribution < -0.4 is 0 Å². The van der Waals surface area contributed by atoms with Crippen molar-refractivity contribution in [2.45, 2.75) is 26.1 Å². The Morgan fingerprint density at radius 2 is 1.57 bits per heavy atom. The highest BCUT2D eigenvalue weighted by atomic mass is 19.1. The lowest BCUT2D eigenvalue weighted by Crippen LogP contribution is -2.23. The van der Waals surface area contributed by atoms with Crippen molar-refractivity contribution in [3.63, 3.8) is 0 Å². The molecule has 0 amide bonds. The molecule has 1 rings (SSSR count). The Kier molecular flexibility index (Phi) is 3.61. The van der Waals surface area contributed by atoms with E-state index in [0.717, 1.165) is 0 Å². The Balaban J connectivity index is 2.78. The third kappa shape index (κ3) is 2.53. The molecule has 2 atom stereocenters. The number of aliphatic hydroxyl groups excluding tert-OH is 2. The molecule has 3 heteroatoms. The lowest BCUT2D eigenvalue weighted by atomic mass is 9.96. The minimum Gasteiger partial charge on any atom is -0.390 e. The number of aliphatic hydroxyl groups is 2. The molecule has 0 bridgehead atoms. The van der Waals surface area contributed by atoms with Crippen LogP contribution in [0.5, 0.6) is 0 Å². The molecule has 0 aliphatic rings. The topological polar surface area (TPSA) is 40.5 Å². The van der Waals surface area contributed by atoms with Crippen molar-refractivity contribution in [2.24, 2.45) is 5.92 Å². The zero-order valence-corrected chi connectivity index (χ0v) is 8.31. The summed E-state index contributed by atoms with van der Waals surface area (Å²) in [6, 6.07) is 5.49. The van der Waals surface area contributed by atoms with Gasteiger partial charge in [-0.05, 0) is 23.6 Å². The van der Waals surface area contributed by atoms with E-state index in [0.29, 0.717) is 5.56 Å². The fraction of sp³-hybridized carbons (Fsp3) is 0.455. The fourth-order valence-electron chi connectivity index (χ4n) is 1.22. The molecule has 0 fully saturated rings. The molecule has 0 radical (unpaired) electrons. The van der Waals surface area contributed by atoms with E-state index in [2.05, 4.69) is 0 Å². The third-order valence-electron chi connectivity index (χ3n) is 2.22. The van der Waals surface area contributed by atoms with Crippen molar-refractivity contribution < 1.29 is 14.6 Å². The van der Waals surface area contributed by atoms with Crippen LogP contribution in [0.3, 0.4) is 0 Å². The Morgan fingerprint density at radius 3 is 2.00 bits per heavy atom. The van der Waals surface area contributed by atoms with Gasteiger partial charge < -0.3 is 10.2 Å². The van der Waals surface area contributed by atoms with Gasteiger partial charge in [0.05, 0.1) is 6.10 Å². The van der Waals surface area contributed by atoms with Gasteiger partial charge in [-0.1, -0.05) is 26.0 Å². The van der Waals surface area contributed by atoms with Crippen molar-refractivity contribution in [1.29, 1.82) is 0 Å². The SMILES string of the molecule is CC(C)[C@H](O)[C@@H](O)c1ccc(F)cc1. The summed E-state index contributed by atoms with van der Waals surface area (Å²) in [6.45, 7) is 3.63. The highest BCUT2D eigenvalue weighted by Crippen LogP contribution is 2.21. The average Bonchev–Trinajstić information content (AvgIpc) is 2.16.